The van der Waals surface area contributed by atoms with Crippen LogP contribution in [0.2, 0.25) is 0 Å². The number of rotatable bonds is 6. The van der Waals surface area contributed by atoms with Crippen LogP contribution >= 0.6 is 0 Å². The van der Waals surface area contributed by atoms with Gasteiger partial charge in [0, 0.05) is 12.0 Å². The summed E-state index contributed by atoms with van der Waals surface area (Å²) in [6, 6.07) is 15.8. The molecule has 0 radical (unpaired) electrons. The first-order chi connectivity index (χ1) is 12.5. The molecule has 5 nitrogen and oxygen atoms in total. The van der Waals surface area contributed by atoms with Crippen molar-refractivity contribution in [1.29, 1.82) is 0 Å². The summed E-state index contributed by atoms with van der Waals surface area (Å²) in [5.74, 6) is -1.56. The molecule has 0 saturated heterocycles. The van der Waals surface area contributed by atoms with Crippen molar-refractivity contribution in [2.75, 3.05) is 6.61 Å². The first kappa shape index (κ1) is 18.0. The Labute approximate surface area is 153 Å². The summed E-state index contributed by atoms with van der Waals surface area (Å²) in [7, 11) is 0. The van der Waals surface area contributed by atoms with Gasteiger partial charge in [-0.1, -0.05) is 55.5 Å². The molecule has 1 amide bonds. The summed E-state index contributed by atoms with van der Waals surface area (Å²) in [5, 5.41) is 11.8. The van der Waals surface area contributed by atoms with Gasteiger partial charge in [0.05, 0.1) is 5.92 Å². The van der Waals surface area contributed by atoms with Gasteiger partial charge in [-0.3, -0.25) is 4.79 Å². The molecule has 1 aliphatic carbocycles. The molecule has 2 N–H and O–H groups in total. The zero-order valence-electron chi connectivity index (χ0n) is 14.9. The van der Waals surface area contributed by atoms with Crippen molar-refractivity contribution in [3.8, 4) is 11.1 Å². The molecular weight excluding hydrogens is 330 g/mol. The molecule has 3 rings (SSSR count). The van der Waals surface area contributed by atoms with E-state index in [1.54, 1.807) is 13.8 Å². The fourth-order valence-electron chi connectivity index (χ4n) is 3.67. The van der Waals surface area contributed by atoms with Crippen LogP contribution in [0.25, 0.3) is 11.1 Å². The lowest BCUT2D eigenvalue weighted by molar-refractivity contribution is -0.142. The Bertz CT molecular complexity index is 772. The lowest BCUT2D eigenvalue weighted by atomic mass is 9.98. The van der Waals surface area contributed by atoms with Crippen molar-refractivity contribution in [1.82, 2.24) is 5.32 Å². The van der Waals surface area contributed by atoms with Crippen molar-refractivity contribution < 1.29 is 19.4 Å². The molecule has 136 valence electrons. The summed E-state index contributed by atoms with van der Waals surface area (Å²) < 4.78 is 5.44. The quantitative estimate of drug-likeness (QED) is 0.822. The highest BCUT2D eigenvalue weighted by molar-refractivity contribution is 5.79. The number of nitrogens with one attached hydrogen (secondary N) is 1. The molecule has 2 aromatic carbocycles. The normalized spacial score (nSPS) is 14.8. The molecule has 1 aliphatic rings. The molecule has 0 aliphatic heterocycles. The molecule has 0 spiro atoms. The minimum Gasteiger partial charge on any atom is -0.481 e. The van der Waals surface area contributed by atoms with E-state index in [2.05, 4.69) is 29.6 Å². The maximum Gasteiger partial charge on any atom is 0.407 e. The largest absolute Gasteiger partial charge is 0.481 e. The summed E-state index contributed by atoms with van der Waals surface area (Å²) >= 11 is 0. The molecule has 0 heterocycles. The van der Waals surface area contributed by atoms with E-state index in [4.69, 9.17) is 4.74 Å². The number of carboxylic acid groups (broad SMARTS) is 1. The third-order valence-electron chi connectivity index (χ3n) is 5.05. The number of carbonyl (C=O) groups is 2. The number of amides is 1. The number of ether oxygens (including phenoxy) is 1. The Kier molecular flexibility index (Phi) is 5.26. The van der Waals surface area contributed by atoms with Crippen molar-refractivity contribution in [3.05, 3.63) is 59.7 Å². The molecule has 2 aromatic rings. The van der Waals surface area contributed by atoms with Crippen LogP contribution in [0.4, 0.5) is 4.79 Å². The van der Waals surface area contributed by atoms with Crippen molar-refractivity contribution in [3.63, 3.8) is 0 Å². The molecule has 2 atom stereocenters. The zero-order valence-corrected chi connectivity index (χ0v) is 14.9. The van der Waals surface area contributed by atoms with Crippen molar-refractivity contribution in [2.24, 2.45) is 5.92 Å². The molecule has 26 heavy (non-hydrogen) atoms. The summed E-state index contributed by atoms with van der Waals surface area (Å²) in [5.41, 5.74) is 4.63. The first-order valence-corrected chi connectivity index (χ1v) is 8.87. The van der Waals surface area contributed by atoms with E-state index in [-0.39, 0.29) is 12.5 Å². The zero-order chi connectivity index (χ0) is 18.7. The minimum absolute atomic E-state index is 0.00935. The highest BCUT2D eigenvalue weighted by Crippen LogP contribution is 2.44. The Balaban J connectivity index is 1.68. The van der Waals surface area contributed by atoms with E-state index < -0.39 is 24.0 Å². The van der Waals surface area contributed by atoms with Crippen LogP contribution in [0.1, 0.15) is 37.3 Å². The molecule has 0 saturated carbocycles. The maximum atomic E-state index is 12.2. The highest BCUT2D eigenvalue weighted by atomic mass is 16.5. The topological polar surface area (TPSA) is 75.6 Å². The average molecular weight is 353 g/mol. The van der Waals surface area contributed by atoms with E-state index in [1.165, 1.54) is 11.1 Å². The van der Waals surface area contributed by atoms with Gasteiger partial charge in [0.1, 0.15) is 6.61 Å². The van der Waals surface area contributed by atoms with Gasteiger partial charge in [-0.2, -0.15) is 0 Å². The number of hydrogen-bond acceptors (Lipinski definition) is 3. The van der Waals surface area contributed by atoms with E-state index >= 15 is 0 Å². The van der Waals surface area contributed by atoms with Gasteiger partial charge in [-0.25, -0.2) is 4.79 Å². The van der Waals surface area contributed by atoms with E-state index in [1.807, 2.05) is 24.3 Å². The monoisotopic (exact) mass is 353 g/mol. The number of alkyl carbamates (subject to hydrolysis) is 1. The van der Waals surface area contributed by atoms with Gasteiger partial charge in [0.2, 0.25) is 0 Å². The molecule has 0 unspecified atom stereocenters. The van der Waals surface area contributed by atoms with Crippen LogP contribution in [0.15, 0.2) is 48.5 Å². The number of carbonyl (C=O) groups excluding carboxylic acids is 1. The van der Waals surface area contributed by atoms with E-state index in [0.717, 1.165) is 11.1 Å². The number of fused-ring (bicyclic) bond motifs is 3. The molecule has 5 heteroatoms. The second-order valence-corrected chi connectivity index (χ2v) is 6.61. The minimum atomic E-state index is -0.918. The van der Waals surface area contributed by atoms with Crippen LogP contribution < -0.4 is 5.32 Å². The fraction of sp³-hybridized carbons (Fsp3) is 0.333. The molecule has 0 bridgehead atoms. The maximum absolute atomic E-state index is 12.2. The van der Waals surface area contributed by atoms with E-state index in [0.29, 0.717) is 6.42 Å². The van der Waals surface area contributed by atoms with Crippen molar-refractivity contribution in [2.45, 2.75) is 32.2 Å². The van der Waals surface area contributed by atoms with Crippen molar-refractivity contribution >= 4 is 12.1 Å². The lowest BCUT2D eigenvalue weighted by Crippen LogP contribution is -2.41. The molecule has 0 aromatic heterocycles. The standard InChI is InChI=1S/C21H23NO4/c1-3-14(20(23)24)13(2)22-21(25)26-12-19-17-10-6-4-8-15(17)16-9-5-7-11-18(16)19/h4-11,13-14,19H,3,12H2,1-2H3,(H,22,25)(H,23,24)/t13-,14-/m0/s1. The SMILES string of the molecule is CC[C@H](C(=O)O)[C@H](C)NC(=O)OCC1c2ccccc2-c2ccccc21. The average Bonchev–Trinajstić information content (AvgIpc) is 2.94. The van der Waals surface area contributed by atoms with Gasteiger partial charge in [0.25, 0.3) is 0 Å². The Morgan fingerprint density at radius 2 is 1.62 bits per heavy atom. The van der Waals surface area contributed by atoms with Gasteiger partial charge < -0.3 is 15.2 Å². The predicted molar refractivity (Wildman–Crippen MR) is 99.1 cm³/mol. The number of benzene rings is 2. The first-order valence-electron chi connectivity index (χ1n) is 8.87. The number of carboxylic acids is 1. The second-order valence-electron chi connectivity index (χ2n) is 6.61. The third-order valence-corrected chi connectivity index (χ3v) is 5.05. The fourth-order valence-corrected chi connectivity index (χ4v) is 3.67. The Hall–Kier alpha value is -2.82. The van der Waals surface area contributed by atoms with Gasteiger partial charge >= 0.3 is 12.1 Å². The van der Waals surface area contributed by atoms with Gasteiger partial charge in [-0.15, -0.1) is 0 Å². The summed E-state index contributed by atoms with van der Waals surface area (Å²) in [6.45, 7) is 3.69. The number of aliphatic carboxylic acids is 1. The van der Waals surface area contributed by atoms with E-state index in [9.17, 15) is 14.7 Å². The summed E-state index contributed by atoms with van der Waals surface area (Å²) in [4.78, 5) is 23.4. The van der Waals surface area contributed by atoms with Gasteiger partial charge in [-0.05, 0) is 35.6 Å². The van der Waals surface area contributed by atoms with Crippen LogP contribution in [0.3, 0.4) is 0 Å². The highest BCUT2D eigenvalue weighted by Gasteiger charge is 2.30. The van der Waals surface area contributed by atoms with Crippen LogP contribution in [-0.4, -0.2) is 29.8 Å². The van der Waals surface area contributed by atoms with Crippen LogP contribution in [-0.2, 0) is 9.53 Å². The smallest absolute Gasteiger partial charge is 0.407 e. The van der Waals surface area contributed by atoms with Gasteiger partial charge in [0.15, 0.2) is 0 Å². The predicted octanol–water partition coefficient (Wildman–Crippen LogP) is 4.02. The second kappa shape index (κ2) is 7.60. The number of hydrogen-bond donors (Lipinski definition) is 2. The van der Waals surface area contributed by atoms with Crippen LogP contribution in [0.5, 0.6) is 0 Å². The summed E-state index contributed by atoms with van der Waals surface area (Å²) in [6.07, 6.45) is -0.140. The lowest BCUT2D eigenvalue weighted by Gasteiger charge is -2.21. The molecule has 0 fully saturated rings. The molecular formula is C21H23NO4. The third kappa shape index (κ3) is 3.43. The Morgan fingerprint density at radius 3 is 2.12 bits per heavy atom. The van der Waals surface area contributed by atoms with Crippen LogP contribution in [0, 0.1) is 5.92 Å². The Morgan fingerprint density at radius 1 is 1.08 bits per heavy atom.